The van der Waals surface area contributed by atoms with Gasteiger partial charge < -0.3 is 14.3 Å². The zero-order chi connectivity index (χ0) is 27.9. The van der Waals surface area contributed by atoms with Crippen LogP contribution in [-0.2, 0) is 30.5 Å². The Morgan fingerprint density at radius 2 is 2.10 bits per heavy atom. The first-order valence-corrected chi connectivity index (χ1v) is 15.6. The van der Waals surface area contributed by atoms with E-state index in [-0.39, 0.29) is 57.6 Å². The maximum atomic E-state index is 14.4. The zero-order valence-electron chi connectivity index (χ0n) is 23.0. The molecular weight excluding hydrogens is 530 g/mol. The van der Waals surface area contributed by atoms with Gasteiger partial charge in [-0.25, -0.2) is 0 Å². The van der Waals surface area contributed by atoms with Crippen molar-refractivity contribution in [3.8, 4) is 0 Å². The molecule has 7 rings (SSSR count). The number of esters is 1. The second-order valence-corrected chi connectivity index (χ2v) is 14.3. The molecule has 40 heavy (non-hydrogen) atoms. The fourth-order valence-electron chi connectivity index (χ4n) is 9.53. The number of allylic oxidation sites excluding steroid dienone is 4. The molecule has 0 bridgehead atoms. The predicted octanol–water partition coefficient (Wildman–Crippen LogP) is 3.89. The number of hydrogen-bond donors (Lipinski definition) is 1. The van der Waals surface area contributed by atoms with Crippen molar-refractivity contribution >= 4 is 29.3 Å². The third-order valence-electron chi connectivity index (χ3n) is 11.2. The van der Waals surface area contributed by atoms with Crippen LogP contribution in [0.2, 0.25) is 0 Å². The number of Topliss-reactive ketones (excluding diaryl/α,β-unsaturated/α-hetero) is 1. The van der Waals surface area contributed by atoms with Crippen molar-refractivity contribution in [1.29, 1.82) is 0 Å². The first-order valence-electron chi connectivity index (χ1n) is 14.5. The number of thioether (sulfide) groups is 1. The van der Waals surface area contributed by atoms with Gasteiger partial charge in [-0.05, 0) is 55.7 Å². The maximum Gasteiger partial charge on any atom is 0.319 e. The molecule has 1 aromatic heterocycles. The number of carbonyl (C=O) groups excluding carboxylic acids is 3. The van der Waals surface area contributed by atoms with Crippen LogP contribution in [0.15, 0.2) is 46.8 Å². The second-order valence-electron chi connectivity index (χ2n) is 13.1. The first kappa shape index (κ1) is 26.7. The van der Waals surface area contributed by atoms with Crippen molar-refractivity contribution in [3.05, 3.63) is 48.0 Å². The number of rotatable bonds is 6. The summed E-state index contributed by atoms with van der Waals surface area (Å²) in [4.78, 5) is 45.6. The lowest BCUT2D eigenvalue weighted by atomic mass is 9.46. The Bertz CT molecular complexity index is 1290. The summed E-state index contributed by atoms with van der Waals surface area (Å²) in [6, 6.07) is 1.91. The predicted molar refractivity (Wildman–Crippen MR) is 147 cm³/mol. The number of hydrogen-bond acceptors (Lipinski definition) is 9. The summed E-state index contributed by atoms with van der Waals surface area (Å²) in [5.41, 5.74) is 0.102. The number of carbonyl (C=O) groups is 3. The molecule has 0 spiro atoms. The summed E-state index contributed by atoms with van der Waals surface area (Å²) in [5.74, 6) is 0.365. The van der Waals surface area contributed by atoms with Crippen LogP contribution in [0, 0.1) is 34.5 Å². The molecule has 3 heterocycles. The van der Waals surface area contributed by atoms with E-state index in [1.807, 2.05) is 17.2 Å². The molecule has 2 aliphatic heterocycles. The summed E-state index contributed by atoms with van der Waals surface area (Å²) < 4.78 is 10.4. The smallest absolute Gasteiger partial charge is 0.319 e. The van der Waals surface area contributed by atoms with E-state index >= 15 is 0 Å². The normalized spacial score (nSPS) is 44.0. The average Bonchev–Trinajstić information content (AvgIpc) is 3.69. The number of ether oxygens (including phenoxy) is 1. The van der Waals surface area contributed by atoms with Gasteiger partial charge in [0.1, 0.15) is 5.25 Å². The topological polar surface area (TPSA) is 106 Å². The summed E-state index contributed by atoms with van der Waals surface area (Å²) in [6.45, 7) is 5.88. The number of nitrogens with zero attached hydrogens (tertiary/aromatic N) is 1. The highest BCUT2D eigenvalue weighted by atomic mass is 32.2. The number of hydroxylamine groups is 2. The van der Waals surface area contributed by atoms with E-state index in [1.54, 1.807) is 24.7 Å². The van der Waals surface area contributed by atoms with Crippen molar-refractivity contribution in [1.82, 2.24) is 5.06 Å². The minimum absolute atomic E-state index is 0.00873. The van der Waals surface area contributed by atoms with Gasteiger partial charge in [0.05, 0.1) is 37.5 Å². The number of ketones is 2. The number of cyclic esters (lactones) is 1. The lowest BCUT2D eigenvalue weighted by Gasteiger charge is -2.60. The van der Waals surface area contributed by atoms with Crippen LogP contribution >= 0.6 is 11.8 Å². The minimum Gasteiger partial charge on any atom is -0.472 e. The Balaban J connectivity index is 1.22. The molecule has 5 fully saturated rings. The van der Waals surface area contributed by atoms with Gasteiger partial charge in [0.25, 0.3) is 0 Å². The van der Waals surface area contributed by atoms with Crippen LogP contribution in [0.25, 0.3) is 0 Å². The molecule has 0 amide bonds. The Morgan fingerprint density at radius 1 is 1.25 bits per heavy atom. The molecule has 8 nitrogen and oxygen atoms in total. The monoisotopic (exact) mass is 567 g/mol. The fourth-order valence-corrected chi connectivity index (χ4v) is 10.6. The average molecular weight is 568 g/mol. The Morgan fingerprint density at radius 3 is 2.85 bits per heavy atom. The molecule has 0 radical (unpaired) electrons. The molecular formula is C31H37NO7S. The molecule has 2 saturated heterocycles. The van der Waals surface area contributed by atoms with Crippen LogP contribution < -0.4 is 0 Å². The van der Waals surface area contributed by atoms with Crippen molar-refractivity contribution in [2.24, 2.45) is 34.5 Å². The van der Waals surface area contributed by atoms with Gasteiger partial charge >= 0.3 is 5.97 Å². The van der Waals surface area contributed by atoms with Crippen LogP contribution in [0.1, 0.15) is 51.5 Å². The van der Waals surface area contributed by atoms with E-state index in [1.165, 1.54) is 11.8 Å². The molecule has 4 aliphatic carbocycles. The highest BCUT2D eigenvalue weighted by Gasteiger charge is 2.75. The van der Waals surface area contributed by atoms with E-state index < -0.39 is 17.1 Å². The van der Waals surface area contributed by atoms with Gasteiger partial charge in [-0.15, -0.1) is 11.8 Å². The summed E-state index contributed by atoms with van der Waals surface area (Å²) >= 11 is 1.36. The molecule has 1 aromatic rings. The SMILES string of the molecule is C[C@]12C=CC(=O)C=C1CCC1C2[C@@H](O)C[C@@]2(C)C1C[C@H]1CN(Cc3ccoc3)O[C@]12C(=O)CSC1CCOC1=O. The quantitative estimate of drug-likeness (QED) is 0.513. The first-order chi connectivity index (χ1) is 19.2. The highest BCUT2D eigenvalue weighted by Crippen LogP contribution is 2.70. The molecule has 6 aliphatic rings. The van der Waals surface area contributed by atoms with Gasteiger partial charge in [-0.2, -0.15) is 5.06 Å². The van der Waals surface area contributed by atoms with Gasteiger partial charge in [0, 0.05) is 41.2 Å². The highest BCUT2D eigenvalue weighted by molar-refractivity contribution is 8.01. The Kier molecular flexibility index (Phi) is 6.28. The third-order valence-corrected chi connectivity index (χ3v) is 12.5. The fraction of sp³-hybridized carbons (Fsp3) is 0.645. The van der Waals surface area contributed by atoms with E-state index in [4.69, 9.17) is 14.0 Å². The maximum absolute atomic E-state index is 14.4. The molecule has 9 heteroatoms. The summed E-state index contributed by atoms with van der Waals surface area (Å²) in [5, 5.41) is 13.5. The number of aliphatic hydroxyl groups excluding tert-OH is 1. The zero-order valence-corrected chi connectivity index (χ0v) is 23.9. The Hall–Kier alpha value is -2.20. The van der Waals surface area contributed by atoms with Crippen LogP contribution in [0.5, 0.6) is 0 Å². The van der Waals surface area contributed by atoms with E-state index in [2.05, 4.69) is 13.8 Å². The van der Waals surface area contributed by atoms with Crippen molar-refractivity contribution in [2.75, 3.05) is 18.9 Å². The van der Waals surface area contributed by atoms with Crippen molar-refractivity contribution < 1.29 is 33.5 Å². The standard InChI is InChI=1S/C31H37NO7S/c1-29-8-5-21(33)11-19(29)3-4-22-23-12-20-15-32(14-18-6-9-37-16-18)39-31(20,30(23,2)13-24(34)27(22)29)26(35)17-40-25-7-10-38-28(25)36/h5-6,8-9,11,16,20,22-25,27,34H,3-4,7,10,12-15,17H2,1-2H3/t20-,22?,23?,24-,25?,27?,29-,30-,31-/m0/s1. The number of fused-ring (bicyclic) bond motifs is 7. The largest absolute Gasteiger partial charge is 0.472 e. The lowest BCUT2D eigenvalue weighted by Crippen LogP contribution is -2.63. The van der Waals surface area contributed by atoms with E-state index in [0.717, 1.165) is 30.4 Å². The van der Waals surface area contributed by atoms with Crippen LogP contribution in [0.4, 0.5) is 0 Å². The lowest BCUT2D eigenvalue weighted by molar-refractivity contribution is -0.252. The van der Waals surface area contributed by atoms with E-state index in [0.29, 0.717) is 32.5 Å². The second kappa shape index (κ2) is 9.41. The van der Waals surface area contributed by atoms with Crippen molar-refractivity contribution in [3.63, 3.8) is 0 Å². The van der Waals surface area contributed by atoms with Crippen LogP contribution in [0.3, 0.4) is 0 Å². The van der Waals surface area contributed by atoms with Gasteiger partial charge in [0.15, 0.2) is 17.2 Å². The Labute approximate surface area is 238 Å². The molecule has 4 unspecified atom stereocenters. The number of furan rings is 1. The molecule has 9 atom stereocenters. The number of aliphatic hydroxyl groups is 1. The summed E-state index contributed by atoms with van der Waals surface area (Å²) in [6.07, 6.45) is 11.8. The minimum atomic E-state index is -1.07. The van der Waals surface area contributed by atoms with Gasteiger partial charge in [-0.1, -0.05) is 25.5 Å². The molecule has 1 N–H and O–H groups in total. The van der Waals surface area contributed by atoms with Gasteiger partial charge in [-0.3, -0.25) is 19.2 Å². The van der Waals surface area contributed by atoms with E-state index in [9.17, 15) is 19.5 Å². The molecule has 214 valence electrons. The third kappa shape index (κ3) is 3.73. The van der Waals surface area contributed by atoms with Crippen LogP contribution in [-0.4, -0.2) is 63.6 Å². The molecule has 0 aromatic carbocycles. The van der Waals surface area contributed by atoms with Crippen molar-refractivity contribution in [2.45, 2.75) is 69.5 Å². The van der Waals surface area contributed by atoms with Gasteiger partial charge in [0.2, 0.25) is 0 Å². The summed E-state index contributed by atoms with van der Waals surface area (Å²) in [7, 11) is 0. The molecule has 3 saturated carbocycles.